The summed E-state index contributed by atoms with van der Waals surface area (Å²) in [5.74, 6) is 1.83. The minimum atomic E-state index is 0.899. The van der Waals surface area contributed by atoms with Gasteiger partial charge in [-0.2, -0.15) is 0 Å². The topological polar surface area (TPSA) is 57.4 Å². The molecule has 5 aromatic rings. The van der Waals surface area contributed by atoms with Crippen LogP contribution in [0, 0.1) is 13.8 Å². The van der Waals surface area contributed by atoms with Crippen molar-refractivity contribution >= 4 is 22.1 Å². The number of hydrogen-bond donors (Lipinski definition) is 2. The molecule has 0 fully saturated rings. The molecule has 4 nitrogen and oxygen atoms in total. The molecular weight excluding hydrogens is 320 g/mol. The van der Waals surface area contributed by atoms with E-state index < -0.39 is 0 Å². The maximum atomic E-state index is 4.79. The maximum absolute atomic E-state index is 4.79. The quantitative estimate of drug-likeness (QED) is 0.453. The lowest BCUT2D eigenvalue weighted by Crippen LogP contribution is -1.80. The third-order valence-electron chi connectivity index (χ3n) is 4.74. The van der Waals surface area contributed by atoms with Gasteiger partial charge in [0.25, 0.3) is 0 Å². The molecule has 126 valence electrons. The van der Waals surface area contributed by atoms with E-state index in [1.807, 2.05) is 6.92 Å². The van der Waals surface area contributed by atoms with Crippen molar-refractivity contribution in [3.63, 3.8) is 0 Å². The number of nitrogens with one attached hydrogen (secondary N) is 2. The molecule has 0 atom stereocenters. The van der Waals surface area contributed by atoms with Crippen molar-refractivity contribution in [3.8, 4) is 22.5 Å². The summed E-state index contributed by atoms with van der Waals surface area (Å²) in [6.07, 6.45) is 0. The number of hydrogen-bond acceptors (Lipinski definition) is 2. The fourth-order valence-electron chi connectivity index (χ4n) is 3.35. The normalized spacial score (nSPS) is 11.5. The van der Waals surface area contributed by atoms with E-state index in [1.54, 1.807) is 0 Å². The number of aromatic amines is 2. The van der Waals surface area contributed by atoms with Crippen LogP contribution in [0.3, 0.4) is 0 Å². The first kappa shape index (κ1) is 14.9. The molecule has 0 aliphatic heterocycles. The van der Waals surface area contributed by atoms with Crippen LogP contribution in [-0.4, -0.2) is 19.9 Å². The van der Waals surface area contributed by atoms with Crippen molar-refractivity contribution in [2.75, 3.05) is 0 Å². The van der Waals surface area contributed by atoms with Crippen molar-refractivity contribution in [3.05, 3.63) is 72.1 Å². The Morgan fingerprint density at radius 1 is 0.615 bits per heavy atom. The van der Waals surface area contributed by atoms with Crippen molar-refractivity contribution in [2.45, 2.75) is 13.8 Å². The number of aromatic nitrogens is 4. The van der Waals surface area contributed by atoms with Gasteiger partial charge in [0, 0.05) is 5.56 Å². The first-order chi connectivity index (χ1) is 12.7. The van der Waals surface area contributed by atoms with Crippen LogP contribution in [0.5, 0.6) is 0 Å². The monoisotopic (exact) mass is 338 g/mol. The van der Waals surface area contributed by atoms with Gasteiger partial charge in [0.15, 0.2) is 0 Å². The average molecular weight is 338 g/mol. The summed E-state index contributed by atoms with van der Waals surface area (Å²) < 4.78 is 0. The Kier molecular flexibility index (Phi) is 3.19. The summed E-state index contributed by atoms with van der Waals surface area (Å²) in [6, 6.07) is 21.1. The molecule has 0 aliphatic carbocycles. The minimum Gasteiger partial charge on any atom is -0.342 e. The second kappa shape index (κ2) is 5.56. The lowest BCUT2D eigenvalue weighted by atomic mass is 10.0. The molecule has 0 aliphatic rings. The smallest absolute Gasteiger partial charge is 0.138 e. The maximum Gasteiger partial charge on any atom is 0.138 e. The molecule has 0 radical (unpaired) electrons. The molecule has 0 amide bonds. The van der Waals surface area contributed by atoms with E-state index in [1.165, 1.54) is 5.56 Å². The van der Waals surface area contributed by atoms with Gasteiger partial charge in [-0.25, -0.2) is 9.97 Å². The highest BCUT2D eigenvalue weighted by atomic mass is 14.9. The Morgan fingerprint density at radius 3 is 1.88 bits per heavy atom. The third kappa shape index (κ3) is 2.47. The van der Waals surface area contributed by atoms with E-state index >= 15 is 0 Å². The molecule has 2 N–H and O–H groups in total. The Hall–Kier alpha value is -3.40. The molecule has 0 bridgehead atoms. The van der Waals surface area contributed by atoms with Crippen molar-refractivity contribution < 1.29 is 0 Å². The van der Waals surface area contributed by atoms with Crippen LogP contribution in [0.2, 0.25) is 0 Å². The molecule has 26 heavy (non-hydrogen) atoms. The number of fused-ring (bicyclic) bond motifs is 2. The van der Waals surface area contributed by atoms with E-state index in [-0.39, 0.29) is 0 Å². The molecular formula is C22H18N4. The number of rotatable bonds is 2. The fourth-order valence-corrected chi connectivity index (χ4v) is 3.35. The third-order valence-corrected chi connectivity index (χ3v) is 4.74. The summed E-state index contributed by atoms with van der Waals surface area (Å²) >= 11 is 0. The first-order valence-electron chi connectivity index (χ1n) is 8.69. The number of nitrogens with zero attached hydrogens (tertiary/aromatic N) is 2. The lowest BCUT2D eigenvalue weighted by molar-refractivity contribution is 1.17. The fraction of sp³-hybridized carbons (Fsp3) is 0.0909. The second-order valence-electron chi connectivity index (χ2n) is 6.74. The Labute approximate surface area is 150 Å². The predicted octanol–water partition coefficient (Wildman–Crippen LogP) is 5.39. The van der Waals surface area contributed by atoms with Gasteiger partial charge in [-0.3, -0.25) is 0 Å². The van der Waals surface area contributed by atoms with Crippen molar-refractivity contribution in [2.24, 2.45) is 0 Å². The SMILES string of the molecule is Cc1ccc(-c2nc3cc(-c4ccc5[nH]c(C)nc5c4)ccc3[nH]2)cc1. The molecule has 0 unspecified atom stereocenters. The average Bonchev–Trinajstić information content (AvgIpc) is 3.23. The molecule has 2 heterocycles. The van der Waals surface area contributed by atoms with Crippen LogP contribution in [0.25, 0.3) is 44.6 Å². The van der Waals surface area contributed by atoms with E-state index in [4.69, 9.17) is 4.98 Å². The summed E-state index contributed by atoms with van der Waals surface area (Å²) in [7, 11) is 0. The highest BCUT2D eigenvalue weighted by Crippen LogP contribution is 2.28. The molecule has 0 saturated heterocycles. The lowest BCUT2D eigenvalue weighted by Gasteiger charge is -2.01. The van der Waals surface area contributed by atoms with Crippen LogP contribution in [-0.2, 0) is 0 Å². The first-order valence-corrected chi connectivity index (χ1v) is 8.69. The Bertz CT molecular complexity index is 1240. The van der Waals surface area contributed by atoms with Crippen LogP contribution in [0.15, 0.2) is 60.7 Å². The van der Waals surface area contributed by atoms with Gasteiger partial charge in [-0.15, -0.1) is 0 Å². The van der Waals surface area contributed by atoms with E-state index in [0.717, 1.165) is 50.4 Å². The van der Waals surface area contributed by atoms with Crippen LogP contribution in [0.4, 0.5) is 0 Å². The summed E-state index contributed by atoms with van der Waals surface area (Å²) in [5, 5.41) is 0. The van der Waals surface area contributed by atoms with Gasteiger partial charge in [0.2, 0.25) is 0 Å². The van der Waals surface area contributed by atoms with Crippen LogP contribution < -0.4 is 0 Å². The largest absolute Gasteiger partial charge is 0.342 e. The molecule has 5 rings (SSSR count). The molecule has 3 aromatic carbocycles. The molecule has 0 spiro atoms. The number of H-pyrrole nitrogens is 2. The zero-order valence-corrected chi connectivity index (χ0v) is 14.7. The van der Waals surface area contributed by atoms with Gasteiger partial charge >= 0.3 is 0 Å². The zero-order valence-electron chi connectivity index (χ0n) is 14.7. The summed E-state index contributed by atoms with van der Waals surface area (Å²) in [6.45, 7) is 4.06. The Balaban J connectivity index is 1.59. The van der Waals surface area contributed by atoms with Crippen molar-refractivity contribution in [1.29, 1.82) is 0 Å². The van der Waals surface area contributed by atoms with Crippen molar-refractivity contribution in [1.82, 2.24) is 19.9 Å². The highest BCUT2D eigenvalue weighted by molar-refractivity contribution is 5.87. The van der Waals surface area contributed by atoms with E-state index in [9.17, 15) is 0 Å². The highest BCUT2D eigenvalue weighted by Gasteiger charge is 2.08. The van der Waals surface area contributed by atoms with E-state index in [0.29, 0.717) is 0 Å². The van der Waals surface area contributed by atoms with Gasteiger partial charge < -0.3 is 9.97 Å². The zero-order chi connectivity index (χ0) is 17.7. The number of aryl methyl sites for hydroxylation is 2. The molecule has 2 aromatic heterocycles. The van der Waals surface area contributed by atoms with Gasteiger partial charge in [0.1, 0.15) is 11.6 Å². The number of benzene rings is 3. The Morgan fingerprint density at radius 2 is 1.19 bits per heavy atom. The van der Waals surface area contributed by atoms with Gasteiger partial charge in [0.05, 0.1) is 22.1 Å². The standard InChI is InChI=1S/C22H18N4/c1-13-3-5-15(6-4-13)22-25-19-10-8-17(12-21(19)26-22)16-7-9-18-20(11-16)24-14(2)23-18/h3-12H,1-2H3,(H,23,24)(H,25,26). The van der Waals surface area contributed by atoms with E-state index in [2.05, 4.69) is 82.5 Å². The van der Waals surface area contributed by atoms with Crippen LogP contribution >= 0.6 is 0 Å². The predicted molar refractivity (Wildman–Crippen MR) is 106 cm³/mol. The minimum absolute atomic E-state index is 0.899. The van der Waals surface area contributed by atoms with Gasteiger partial charge in [-0.05, 0) is 49.2 Å². The summed E-state index contributed by atoms with van der Waals surface area (Å²) in [4.78, 5) is 16.0. The number of imidazole rings is 2. The van der Waals surface area contributed by atoms with Gasteiger partial charge in [-0.1, -0.05) is 42.0 Å². The molecule has 0 saturated carbocycles. The van der Waals surface area contributed by atoms with Crippen LogP contribution in [0.1, 0.15) is 11.4 Å². The second-order valence-corrected chi connectivity index (χ2v) is 6.74. The molecule has 4 heteroatoms. The summed E-state index contributed by atoms with van der Waals surface area (Å²) in [5.41, 5.74) is 8.69.